The number of carbonyl (C=O) groups is 2. The van der Waals surface area contributed by atoms with Crippen LogP contribution in [0.1, 0.15) is 20.8 Å². The lowest BCUT2D eigenvalue weighted by molar-refractivity contribution is -0.134. The van der Waals surface area contributed by atoms with Gasteiger partial charge >= 0.3 is 0 Å². The Morgan fingerprint density at radius 3 is 2.52 bits per heavy atom. The molecule has 0 saturated heterocycles. The Bertz CT molecular complexity index is 1140. The van der Waals surface area contributed by atoms with Crippen molar-refractivity contribution in [2.24, 2.45) is 0 Å². The molecular weight excluding hydrogens is 465 g/mol. The quantitative estimate of drug-likeness (QED) is 0.456. The number of para-hydroxylation sites is 1. The Morgan fingerprint density at radius 2 is 1.85 bits per heavy atom. The predicted molar refractivity (Wildman–Crippen MR) is 128 cm³/mol. The van der Waals surface area contributed by atoms with Gasteiger partial charge in [0.15, 0.2) is 11.0 Å². The second kappa shape index (κ2) is 11.3. The zero-order valence-corrected chi connectivity index (χ0v) is 20.2. The molecule has 33 heavy (non-hydrogen) atoms. The van der Waals surface area contributed by atoms with E-state index in [0.717, 1.165) is 11.8 Å². The Labute approximate surface area is 201 Å². The highest BCUT2D eigenvalue weighted by Crippen LogP contribution is 2.32. The zero-order chi connectivity index (χ0) is 24.0. The van der Waals surface area contributed by atoms with Crippen molar-refractivity contribution in [3.8, 4) is 17.1 Å². The second-order valence-electron chi connectivity index (χ2n) is 7.49. The third-order valence-electron chi connectivity index (χ3n) is 4.68. The summed E-state index contributed by atoms with van der Waals surface area (Å²) in [6, 6.07) is 13.3. The number of nitrogens with zero attached hydrogens (tertiary/aromatic N) is 4. The minimum atomic E-state index is -0.459. The van der Waals surface area contributed by atoms with Crippen molar-refractivity contribution in [3.05, 3.63) is 59.4 Å². The van der Waals surface area contributed by atoms with Crippen LogP contribution < -0.4 is 5.32 Å². The number of hydrogen-bond acceptors (Lipinski definition) is 5. The van der Waals surface area contributed by atoms with Crippen molar-refractivity contribution < 1.29 is 14.0 Å². The number of amides is 2. The average molecular weight is 490 g/mol. The van der Waals surface area contributed by atoms with E-state index in [1.165, 1.54) is 11.0 Å². The van der Waals surface area contributed by atoms with Gasteiger partial charge in [0.25, 0.3) is 0 Å². The van der Waals surface area contributed by atoms with Crippen LogP contribution >= 0.6 is 23.4 Å². The first-order valence-corrected chi connectivity index (χ1v) is 11.8. The molecule has 0 saturated carbocycles. The fourth-order valence-corrected chi connectivity index (χ4v) is 4.23. The van der Waals surface area contributed by atoms with Crippen molar-refractivity contribution >= 4 is 35.2 Å². The van der Waals surface area contributed by atoms with Gasteiger partial charge in [0.2, 0.25) is 11.8 Å². The number of halogens is 2. The number of carbonyl (C=O) groups excluding carboxylic acids is 2. The molecule has 1 aromatic heterocycles. The molecule has 0 aliphatic carbocycles. The van der Waals surface area contributed by atoms with Crippen LogP contribution in [0.2, 0.25) is 5.02 Å². The van der Waals surface area contributed by atoms with Crippen LogP contribution in [-0.4, -0.2) is 56.4 Å². The first-order chi connectivity index (χ1) is 15.8. The van der Waals surface area contributed by atoms with E-state index in [1.807, 2.05) is 20.8 Å². The number of rotatable bonds is 9. The van der Waals surface area contributed by atoms with Gasteiger partial charge in [-0.1, -0.05) is 47.6 Å². The summed E-state index contributed by atoms with van der Waals surface area (Å²) in [5, 5.41) is 12.0. The maximum Gasteiger partial charge on any atom is 0.239 e. The molecule has 0 aliphatic rings. The van der Waals surface area contributed by atoms with Crippen molar-refractivity contribution in [1.29, 1.82) is 0 Å². The topological polar surface area (TPSA) is 80.1 Å². The molecule has 7 nitrogen and oxygen atoms in total. The van der Waals surface area contributed by atoms with Crippen molar-refractivity contribution in [2.75, 3.05) is 18.8 Å². The largest absolute Gasteiger partial charge is 0.352 e. The van der Waals surface area contributed by atoms with E-state index in [4.69, 9.17) is 11.6 Å². The minimum absolute atomic E-state index is 0.0109. The van der Waals surface area contributed by atoms with Crippen LogP contribution in [0.5, 0.6) is 0 Å². The standard InChI is InChI=1S/C23H25ClFN5O2S/c1-4-29(13-20(31)26-15(2)3)21(32)14-33-23-28-27-22(16-9-5-6-10-17(16)24)30(23)19-12-8-7-11-18(19)25/h5-12,15H,4,13-14H2,1-3H3,(H,26,31). The molecule has 1 heterocycles. The summed E-state index contributed by atoms with van der Waals surface area (Å²) in [5.74, 6) is -0.536. The number of benzene rings is 2. The predicted octanol–water partition coefficient (Wildman–Crippen LogP) is 4.19. The van der Waals surface area contributed by atoms with Crippen LogP contribution in [-0.2, 0) is 9.59 Å². The van der Waals surface area contributed by atoms with Gasteiger partial charge in [-0.3, -0.25) is 14.2 Å². The summed E-state index contributed by atoms with van der Waals surface area (Å²) in [6.45, 7) is 5.88. The average Bonchev–Trinajstić information content (AvgIpc) is 3.19. The van der Waals surface area contributed by atoms with Crippen LogP contribution in [0, 0.1) is 5.82 Å². The lowest BCUT2D eigenvalue weighted by Gasteiger charge is -2.21. The first-order valence-electron chi connectivity index (χ1n) is 10.5. The van der Waals surface area contributed by atoms with Gasteiger partial charge in [0, 0.05) is 18.2 Å². The highest BCUT2D eigenvalue weighted by Gasteiger charge is 2.22. The molecule has 174 valence electrons. The lowest BCUT2D eigenvalue weighted by atomic mass is 10.2. The van der Waals surface area contributed by atoms with Gasteiger partial charge in [-0.15, -0.1) is 10.2 Å². The normalized spacial score (nSPS) is 11.0. The van der Waals surface area contributed by atoms with Crippen LogP contribution in [0.15, 0.2) is 53.7 Å². The number of nitrogens with one attached hydrogen (secondary N) is 1. The molecule has 1 N–H and O–H groups in total. The van der Waals surface area contributed by atoms with E-state index in [1.54, 1.807) is 47.0 Å². The molecule has 2 aromatic carbocycles. The fourth-order valence-electron chi connectivity index (χ4n) is 3.17. The number of hydrogen-bond donors (Lipinski definition) is 1. The number of likely N-dealkylation sites (N-methyl/N-ethyl adjacent to an activating group) is 1. The molecule has 0 radical (unpaired) electrons. The molecule has 0 unspecified atom stereocenters. The second-order valence-corrected chi connectivity index (χ2v) is 8.84. The summed E-state index contributed by atoms with van der Waals surface area (Å²) in [7, 11) is 0. The fraction of sp³-hybridized carbons (Fsp3) is 0.304. The summed E-state index contributed by atoms with van der Waals surface area (Å²) < 4.78 is 16.3. The minimum Gasteiger partial charge on any atom is -0.352 e. The highest BCUT2D eigenvalue weighted by molar-refractivity contribution is 7.99. The summed E-state index contributed by atoms with van der Waals surface area (Å²) in [5.41, 5.74) is 0.838. The summed E-state index contributed by atoms with van der Waals surface area (Å²) in [6.07, 6.45) is 0. The number of thioether (sulfide) groups is 1. The Balaban J connectivity index is 1.88. The Hall–Kier alpha value is -2.91. The van der Waals surface area contributed by atoms with E-state index < -0.39 is 5.82 Å². The van der Waals surface area contributed by atoms with Gasteiger partial charge in [0.1, 0.15) is 5.82 Å². The van der Waals surface area contributed by atoms with Gasteiger partial charge in [-0.2, -0.15) is 0 Å². The third kappa shape index (κ3) is 6.11. The Morgan fingerprint density at radius 1 is 1.15 bits per heavy atom. The SMILES string of the molecule is CCN(CC(=O)NC(C)C)C(=O)CSc1nnc(-c2ccccc2Cl)n1-c1ccccc1F. The van der Waals surface area contributed by atoms with Gasteiger partial charge in [0.05, 0.1) is 23.0 Å². The lowest BCUT2D eigenvalue weighted by Crippen LogP contribution is -2.43. The van der Waals surface area contributed by atoms with E-state index in [-0.39, 0.29) is 35.8 Å². The summed E-state index contributed by atoms with van der Waals surface area (Å²) >= 11 is 7.48. The molecule has 0 fully saturated rings. The van der Waals surface area contributed by atoms with Gasteiger partial charge < -0.3 is 10.2 Å². The van der Waals surface area contributed by atoms with E-state index >= 15 is 0 Å². The van der Waals surface area contributed by atoms with Crippen molar-refractivity contribution in [1.82, 2.24) is 25.0 Å². The molecular formula is C23H25ClFN5O2S. The maximum atomic E-state index is 14.7. The summed E-state index contributed by atoms with van der Waals surface area (Å²) in [4.78, 5) is 26.3. The molecule has 10 heteroatoms. The molecule has 3 aromatic rings. The van der Waals surface area contributed by atoms with Crippen LogP contribution in [0.4, 0.5) is 4.39 Å². The van der Waals surface area contributed by atoms with Gasteiger partial charge in [-0.05, 0) is 45.0 Å². The highest BCUT2D eigenvalue weighted by atomic mass is 35.5. The molecule has 0 aliphatic heterocycles. The monoisotopic (exact) mass is 489 g/mol. The van der Waals surface area contributed by atoms with Gasteiger partial charge in [-0.25, -0.2) is 4.39 Å². The molecule has 0 atom stereocenters. The van der Waals surface area contributed by atoms with E-state index in [0.29, 0.717) is 28.1 Å². The number of aromatic nitrogens is 3. The van der Waals surface area contributed by atoms with E-state index in [2.05, 4.69) is 15.5 Å². The van der Waals surface area contributed by atoms with Crippen LogP contribution in [0.25, 0.3) is 17.1 Å². The zero-order valence-electron chi connectivity index (χ0n) is 18.6. The molecule has 2 amide bonds. The van der Waals surface area contributed by atoms with E-state index in [9.17, 15) is 14.0 Å². The first kappa shape index (κ1) is 24.7. The smallest absolute Gasteiger partial charge is 0.239 e. The molecule has 0 bridgehead atoms. The van der Waals surface area contributed by atoms with Crippen molar-refractivity contribution in [2.45, 2.75) is 32.0 Å². The maximum absolute atomic E-state index is 14.7. The van der Waals surface area contributed by atoms with Crippen molar-refractivity contribution in [3.63, 3.8) is 0 Å². The Kier molecular flexibility index (Phi) is 8.46. The molecule has 0 spiro atoms. The molecule has 3 rings (SSSR count). The third-order valence-corrected chi connectivity index (χ3v) is 5.93. The van der Waals surface area contributed by atoms with Crippen LogP contribution in [0.3, 0.4) is 0 Å².